The molecule has 0 aliphatic heterocycles. The first-order valence-electron chi connectivity index (χ1n) is 10.8. The van der Waals surface area contributed by atoms with Crippen molar-refractivity contribution in [3.05, 3.63) is 66.0 Å². The number of pyridine rings is 1. The van der Waals surface area contributed by atoms with Crippen LogP contribution in [0.25, 0.3) is 11.4 Å². The van der Waals surface area contributed by atoms with Gasteiger partial charge in [-0.2, -0.15) is 0 Å². The maximum Gasteiger partial charge on any atom is 0.131 e. The molecule has 150 valence electrons. The zero-order valence-corrected chi connectivity index (χ0v) is 17.3. The number of unbranched alkanes of at least 4 members (excludes halogenated alkanes) is 7. The Bertz CT molecular complexity index is 901. The summed E-state index contributed by atoms with van der Waals surface area (Å²) in [7, 11) is 0. The summed E-state index contributed by atoms with van der Waals surface area (Å²) >= 11 is 0. The quantitative estimate of drug-likeness (QED) is 0.323. The van der Waals surface area contributed by atoms with E-state index < -0.39 is 0 Å². The molecule has 4 heteroatoms. The minimum atomic E-state index is 0.812. The van der Waals surface area contributed by atoms with Crippen molar-refractivity contribution in [1.82, 2.24) is 20.0 Å². The fourth-order valence-corrected chi connectivity index (χ4v) is 3.22. The van der Waals surface area contributed by atoms with E-state index >= 15 is 0 Å². The van der Waals surface area contributed by atoms with E-state index in [4.69, 9.17) is 0 Å². The van der Waals surface area contributed by atoms with Gasteiger partial charge in [0.05, 0.1) is 11.9 Å². The summed E-state index contributed by atoms with van der Waals surface area (Å²) in [6.45, 7) is 3.18. The standard InChI is InChI=1S/C25H30N4/c1-2-3-4-5-6-7-8-12-19-29-21-25(27-28-29)24-18-17-23(20-26-24)16-15-22-13-10-9-11-14-22/h9-11,13-14,17-18,20-21H,2-8,12,19H2,1H3. The van der Waals surface area contributed by atoms with E-state index in [-0.39, 0.29) is 0 Å². The molecule has 0 aliphatic carbocycles. The molecule has 3 rings (SSSR count). The van der Waals surface area contributed by atoms with Gasteiger partial charge in [-0.3, -0.25) is 9.67 Å². The van der Waals surface area contributed by atoms with Crippen molar-refractivity contribution in [3.63, 3.8) is 0 Å². The lowest BCUT2D eigenvalue weighted by molar-refractivity contribution is 0.511. The van der Waals surface area contributed by atoms with Crippen LogP contribution >= 0.6 is 0 Å². The summed E-state index contributed by atoms with van der Waals surface area (Å²) in [5.74, 6) is 6.30. The molecule has 0 aliphatic rings. The first kappa shape index (κ1) is 20.8. The predicted molar refractivity (Wildman–Crippen MR) is 118 cm³/mol. The highest BCUT2D eigenvalue weighted by atomic mass is 15.4. The third-order valence-corrected chi connectivity index (χ3v) is 4.93. The summed E-state index contributed by atoms with van der Waals surface area (Å²) in [4.78, 5) is 4.50. The largest absolute Gasteiger partial charge is 0.253 e. The molecule has 0 saturated carbocycles. The fourth-order valence-electron chi connectivity index (χ4n) is 3.22. The predicted octanol–water partition coefficient (Wildman–Crippen LogP) is 5.88. The van der Waals surface area contributed by atoms with E-state index in [1.54, 1.807) is 6.20 Å². The smallest absolute Gasteiger partial charge is 0.131 e. The Morgan fingerprint density at radius 2 is 1.48 bits per heavy atom. The van der Waals surface area contributed by atoms with E-state index in [1.807, 2.05) is 53.3 Å². The lowest BCUT2D eigenvalue weighted by atomic mass is 10.1. The molecule has 3 aromatic rings. The highest BCUT2D eigenvalue weighted by molar-refractivity contribution is 5.53. The highest BCUT2D eigenvalue weighted by Gasteiger charge is 2.05. The molecule has 0 amide bonds. The van der Waals surface area contributed by atoms with Gasteiger partial charge < -0.3 is 0 Å². The van der Waals surface area contributed by atoms with Gasteiger partial charge in [0, 0.05) is 23.9 Å². The number of aromatic nitrogens is 4. The summed E-state index contributed by atoms with van der Waals surface area (Å²) < 4.78 is 1.93. The molecule has 0 spiro atoms. The Morgan fingerprint density at radius 1 is 0.759 bits per heavy atom. The second kappa shape index (κ2) is 11.8. The van der Waals surface area contributed by atoms with Gasteiger partial charge in [-0.05, 0) is 30.7 Å². The van der Waals surface area contributed by atoms with Crippen molar-refractivity contribution in [3.8, 4) is 23.2 Å². The molecule has 0 atom stereocenters. The maximum absolute atomic E-state index is 4.50. The van der Waals surface area contributed by atoms with Crippen LogP contribution in [0.3, 0.4) is 0 Å². The van der Waals surface area contributed by atoms with E-state index in [0.717, 1.165) is 35.5 Å². The average Bonchev–Trinajstić information content (AvgIpc) is 3.24. The summed E-state index contributed by atoms with van der Waals surface area (Å²) in [5.41, 5.74) is 3.54. The van der Waals surface area contributed by atoms with Crippen LogP contribution in [0.5, 0.6) is 0 Å². The van der Waals surface area contributed by atoms with Gasteiger partial charge in [0.1, 0.15) is 5.69 Å². The molecule has 2 aromatic heterocycles. The van der Waals surface area contributed by atoms with E-state index in [9.17, 15) is 0 Å². The third-order valence-electron chi connectivity index (χ3n) is 4.93. The van der Waals surface area contributed by atoms with Crippen molar-refractivity contribution in [2.75, 3.05) is 0 Å². The van der Waals surface area contributed by atoms with E-state index in [1.165, 1.54) is 44.9 Å². The van der Waals surface area contributed by atoms with Crippen LogP contribution in [0.1, 0.15) is 69.4 Å². The zero-order chi connectivity index (χ0) is 20.2. The van der Waals surface area contributed by atoms with Crippen LogP contribution < -0.4 is 0 Å². The van der Waals surface area contributed by atoms with Gasteiger partial charge in [-0.15, -0.1) is 5.10 Å². The van der Waals surface area contributed by atoms with Gasteiger partial charge in [0.2, 0.25) is 0 Å². The molecule has 0 fully saturated rings. The second-order valence-electron chi connectivity index (χ2n) is 7.39. The summed E-state index contributed by atoms with van der Waals surface area (Å²) in [6, 6.07) is 13.9. The van der Waals surface area contributed by atoms with Crippen LogP contribution in [-0.2, 0) is 6.54 Å². The fraction of sp³-hybridized carbons (Fsp3) is 0.400. The van der Waals surface area contributed by atoms with Gasteiger partial charge in [0.25, 0.3) is 0 Å². The monoisotopic (exact) mass is 386 g/mol. The molecular formula is C25H30N4. The maximum atomic E-state index is 4.50. The van der Waals surface area contributed by atoms with Gasteiger partial charge in [-0.1, -0.05) is 87.1 Å². The first-order valence-corrected chi connectivity index (χ1v) is 10.8. The second-order valence-corrected chi connectivity index (χ2v) is 7.39. The number of rotatable bonds is 10. The van der Waals surface area contributed by atoms with Crippen LogP contribution in [-0.4, -0.2) is 20.0 Å². The van der Waals surface area contributed by atoms with Gasteiger partial charge >= 0.3 is 0 Å². The first-order chi connectivity index (χ1) is 14.3. The molecule has 0 radical (unpaired) electrons. The Balaban J connectivity index is 1.45. The number of aryl methyl sites for hydroxylation is 1. The Hall–Kier alpha value is -2.93. The highest BCUT2D eigenvalue weighted by Crippen LogP contribution is 2.14. The van der Waals surface area contributed by atoms with Crippen molar-refractivity contribution in [2.24, 2.45) is 0 Å². The van der Waals surface area contributed by atoms with Crippen LogP contribution in [0.4, 0.5) is 0 Å². The van der Waals surface area contributed by atoms with Gasteiger partial charge in [-0.25, -0.2) is 0 Å². The Kier molecular flexibility index (Phi) is 8.47. The van der Waals surface area contributed by atoms with Crippen molar-refractivity contribution >= 4 is 0 Å². The minimum Gasteiger partial charge on any atom is -0.253 e. The number of benzene rings is 1. The molecule has 4 nitrogen and oxygen atoms in total. The minimum absolute atomic E-state index is 0.812. The number of hydrogen-bond acceptors (Lipinski definition) is 3. The molecule has 29 heavy (non-hydrogen) atoms. The summed E-state index contributed by atoms with van der Waals surface area (Å²) in [6.07, 6.45) is 14.3. The SMILES string of the molecule is CCCCCCCCCCn1cc(-c2ccc(C#Cc3ccccc3)cn2)nn1. The summed E-state index contributed by atoms with van der Waals surface area (Å²) in [5, 5.41) is 8.52. The molecule has 0 N–H and O–H groups in total. The number of hydrogen-bond donors (Lipinski definition) is 0. The van der Waals surface area contributed by atoms with E-state index in [0.29, 0.717) is 0 Å². The van der Waals surface area contributed by atoms with Crippen LogP contribution in [0, 0.1) is 11.8 Å². The van der Waals surface area contributed by atoms with Crippen LogP contribution in [0.15, 0.2) is 54.9 Å². The molecule has 1 aromatic carbocycles. The Labute approximate surface area is 174 Å². The molecule has 0 bridgehead atoms. The van der Waals surface area contributed by atoms with Crippen LogP contribution in [0.2, 0.25) is 0 Å². The topological polar surface area (TPSA) is 43.6 Å². The van der Waals surface area contributed by atoms with Gasteiger partial charge in [0.15, 0.2) is 0 Å². The lowest BCUT2D eigenvalue weighted by Crippen LogP contribution is -1.98. The van der Waals surface area contributed by atoms with Crippen molar-refractivity contribution in [1.29, 1.82) is 0 Å². The molecule has 0 saturated heterocycles. The zero-order valence-electron chi connectivity index (χ0n) is 17.3. The third kappa shape index (κ3) is 7.19. The lowest BCUT2D eigenvalue weighted by Gasteiger charge is -2.01. The normalized spacial score (nSPS) is 10.5. The molecular weight excluding hydrogens is 356 g/mol. The molecule has 0 unspecified atom stereocenters. The number of nitrogens with zero attached hydrogens (tertiary/aromatic N) is 4. The Morgan fingerprint density at radius 3 is 2.21 bits per heavy atom. The molecule has 2 heterocycles. The average molecular weight is 387 g/mol. The van der Waals surface area contributed by atoms with E-state index in [2.05, 4.69) is 34.1 Å². The van der Waals surface area contributed by atoms with Crippen molar-refractivity contribution in [2.45, 2.75) is 64.8 Å². The van der Waals surface area contributed by atoms with Crippen molar-refractivity contribution < 1.29 is 0 Å².